The van der Waals surface area contributed by atoms with Gasteiger partial charge in [-0.25, -0.2) is 19.6 Å². The Balaban J connectivity index is 1.55. The molecule has 0 aliphatic rings. The van der Waals surface area contributed by atoms with Crippen molar-refractivity contribution in [1.82, 2.24) is 34.6 Å². The largest absolute Gasteiger partial charge is 0.368 e. The van der Waals surface area contributed by atoms with Crippen LogP contribution in [0.5, 0.6) is 0 Å². The third-order valence-electron chi connectivity index (χ3n) is 4.06. The second-order valence-electron chi connectivity index (χ2n) is 5.91. The zero-order chi connectivity index (χ0) is 19.4. The molecule has 2 N–H and O–H groups in total. The van der Waals surface area contributed by atoms with E-state index in [4.69, 9.17) is 0 Å². The Hall–Kier alpha value is -3.56. The summed E-state index contributed by atoms with van der Waals surface area (Å²) in [6, 6.07) is 4.52. The van der Waals surface area contributed by atoms with Crippen molar-refractivity contribution in [2.45, 2.75) is 13.8 Å². The van der Waals surface area contributed by atoms with Gasteiger partial charge in [-0.1, -0.05) is 0 Å². The first kappa shape index (κ1) is 18.2. The molecule has 3 aromatic rings. The molecule has 0 aromatic carbocycles. The van der Waals surface area contributed by atoms with Gasteiger partial charge in [0.15, 0.2) is 0 Å². The minimum Gasteiger partial charge on any atom is -0.368 e. The number of carbonyl (C=O) groups is 1. The van der Waals surface area contributed by atoms with Gasteiger partial charge in [-0.2, -0.15) is 5.10 Å². The highest BCUT2D eigenvalue weighted by Crippen LogP contribution is 2.13. The van der Waals surface area contributed by atoms with Crippen LogP contribution in [-0.2, 0) is 7.05 Å². The van der Waals surface area contributed by atoms with Gasteiger partial charge in [-0.3, -0.25) is 14.2 Å². The van der Waals surface area contributed by atoms with Crippen LogP contribution in [0.25, 0.3) is 5.82 Å². The monoisotopic (exact) mass is 368 g/mol. The summed E-state index contributed by atoms with van der Waals surface area (Å²) < 4.78 is 3.00. The smallest absolute Gasteiger partial charge is 0.271 e. The molecular weight excluding hydrogens is 348 g/mol. The van der Waals surface area contributed by atoms with E-state index in [0.717, 1.165) is 16.1 Å². The van der Waals surface area contributed by atoms with Gasteiger partial charge in [0.1, 0.15) is 30.0 Å². The van der Waals surface area contributed by atoms with Crippen molar-refractivity contribution in [3.05, 3.63) is 58.3 Å². The second kappa shape index (κ2) is 7.77. The molecule has 140 valence electrons. The van der Waals surface area contributed by atoms with E-state index in [9.17, 15) is 9.59 Å². The third kappa shape index (κ3) is 4.17. The molecule has 3 rings (SSSR count). The molecule has 0 unspecified atom stereocenters. The lowest BCUT2D eigenvalue weighted by molar-refractivity contribution is 0.0948. The van der Waals surface area contributed by atoms with Crippen LogP contribution < -0.4 is 16.2 Å². The van der Waals surface area contributed by atoms with Crippen LogP contribution in [0, 0.1) is 13.8 Å². The van der Waals surface area contributed by atoms with Gasteiger partial charge < -0.3 is 10.6 Å². The van der Waals surface area contributed by atoms with Crippen molar-refractivity contribution in [3.8, 4) is 5.82 Å². The van der Waals surface area contributed by atoms with Crippen LogP contribution in [0.1, 0.15) is 21.9 Å². The first-order chi connectivity index (χ1) is 13.0. The number of aryl methyl sites for hydroxylation is 2. The van der Waals surface area contributed by atoms with Crippen molar-refractivity contribution in [2.24, 2.45) is 7.05 Å². The van der Waals surface area contributed by atoms with Crippen LogP contribution in [0.4, 0.5) is 5.82 Å². The van der Waals surface area contributed by atoms with E-state index >= 15 is 0 Å². The van der Waals surface area contributed by atoms with E-state index in [1.807, 2.05) is 24.5 Å². The van der Waals surface area contributed by atoms with Gasteiger partial charge in [0, 0.05) is 38.0 Å². The van der Waals surface area contributed by atoms with E-state index in [1.54, 1.807) is 6.33 Å². The molecule has 10 nitrogen and oxygen atoms in total. The van der Waals surface area contributed by atoms with Crippen molar-refractivity contribution >= 4 is 11.7 Å². The quantitative estimate of drug-likeness (QED) is 0.597. The highest BCUT2D eigenvalue weighted by atomic mass is 16.2. The molecule has 0 fully saturated rings. The highest BCUT2D eigenvalue weighted by Gasteiger charge is 2.09. The lowest BCUT2D eigenvalue weighted by atomic mass is 10.3. The van der Waals surface area contributed by atoms with E-state index in [-0.39, 0.29) is 17.2 Å². The molecule has 0 aliphatic carbocycles. The normalized spacial score (nSPS) is 10.6. The Bertz CT molecular complexity index is 1020. The summed E-state index contributed by atoms with van der Waals surface area (Å²) >= 11 is 0. The number of rotatable bonds is 6. The molecule has 27 heavy (non-hydrogen) atoms. The van der Waals surface area contributed by atoms with Crippen molar-refractivity contribution < 1.29 is 4.79 Å². The van der Waals surface area contributed by atoms with E-state index in [2.05, 4.69) is 30.7 Å². The van der Waals surface area contributed by atoms with Gasteiger partial charge in [0.25, 0.3) is 11.5 Å². The predicted molar refractivity (Wildman–Crippen MR) is 98.9 cm³/mol. The third-order valence-corrected chi connectivity index (χ3v) is 4.06. The van der Waals surface area contributed by atoms with Gasteiger partial charge in [0.2, 0.25) is 0 Å². The fourth-order valence-corrected chi connectivity index (χ4v) is 2.39. The minimum absolute atomic E-state index is 0.187. The molecular formula is C17H20N8O2. The Morgan fingerprint density at radius 3 is 2.67 bits per heavy atom. The molecule has 1 amide bonds. The molecule has 0 bridgehead atoms. The lowest BCUT2D eigenvalue weighted by Crippen LogP contribution is -2.31. The molecule has 3 aromatic heterocycles. The molecule has 0 atom stereocenters. The predicted octanol–water partition coefficient (Wildman–Crippen LogP) is 0.215. The Labute approximate surface area is 155 Å². The van der Waals surface area contributed by atoms with Crippen LogP contribution in [0.15, 0.2) is 35.6 Å². The van der Waals surface area contributed by atoms with Gasteiger partial charge in [0.05, 0.1) is 5.69 Å². The number of aromatic nitrogens is 6. The average molecular weight is 368 g/mol. The number of imidazole rings is 1. The topological polar surface area (TPSA) is 120 Å². The van der Waals surface area contributed by atoms with E-state index in [1.165, 1.54) is 25.5 Å². The van der Waals surface area contributed by atoms with Gasteiger partial charge in [-0.05, 0) is 19.9 Å². The maximum atomic E-state index is 12.0. The summed E-state index contributed by atoms with van der Waals surface area (Å²) in [4.78, 5) is 36.1. The number of nitrogens with zero attached hydrogens (tertiary/aromatic N) is 6. The Morgan fingerprint density at radius 2 is 1.96 bits per heavy atom. The fourth-order valence-electron chi connectivity index (χ4n) is 2.39. The summed E-state index contributed by atoms with van der Waals surface area (Å²) in [5, 5.41) is 9.78. The number of amides is 1. The van der Waals surface area contributed by atoms with Crippen LogP contribution in [-0.4, -0.2) is 48.3 Å². The maximum absolute atomic E-state index is 12.0. The van der Waals surface area contributed by atoms with Gasteiger partial charge in [-0.15, -0.1) is 0 Å². The highest BCUT2D eigenvalue weighted by molar-refractivity contribution is 5.91. The summed E-state index contributed by atoms with van der Waals surface area (Å²) in [7, 11) is 1.50. The van der Waals surface area contributed by atoms with Gasteiger partial charge >= 0.3 is 0 Å². The number of hydrogen-bond donors (Lipinski definition) is 2. The van der Waals surface area contributed by atoms with Crippen molar-refractivity contribution in [3.63, 3.8) is 0 Å². The molecule has 0 saturated carbocycles. The zero-order valence-electron chi connectivity index (χ0n) is 15.3. The number of anilines is 1. The summed E-state index contributed by atoms with van der Waals surface area (Å²) in [5.41, 5.74) is 1.87. The number of hydrogen-bond acceptors (Lipinski definition) is 7. The number of carbonyl (C=O) groups excluding carboxylic acids is 1. The standard InChI is InChI=1S/C17H20N8O2/c1-11-12(2)25(10-22-11)15-8-14(20-9-21-15)18-6-7-19-17(27)13-4-5-16(26)24(3)23-13/h4-5,8-10H,6-7H2,1-3H3,(H,19,27)(H,18,20,21). The molecule has 0 spiro atoms. The summed E-state index contributed by atoms with van der Waals surface area (Å²) in [6.07, 6.45) is 3.19. The average Bonchev–Trinajstić information content (AvgIpc) is 3.00. The van der Waals surface area contributed by atoms with Crippen LogP contribution in [0.3, 0.4) is 0 Å². The van der Waals surface area contributed by atoms with E-state index in [0.29, 0.717) is 24.7 Å². The first-order valence-electron chi connectivity index (χ1n) is 8.35. The van der Waals surface area contributed by atoms with E-state index < -0.39 is 0 Å². The zero-order valence-corrected chi connectivity index (χ0v) is 15.3. The Morgan fingerprint density at radius 1 is 1.15 bits per heavy atom. The molecule has 10 heteroatoms. The molecule has 0 radical (unpaired) electrons. The van der Waals surface area contributed by atoms with Crippen molar-refractivity contribution in [2.75, 3.05) is 18.4 Å². The second-order valence-corrected chi connectivity index (χ2v) is 5.91. The maximum Gasteiger partial charge on any atom is 0.271 e. The van der Waals surface area contributed by atoms with Crippen molar-refractivity contribution in [1.29, 1.82) is 0 Å². The number of nitrogens with one attached hydrogen (secondary N) is 2. The fraction of sp³-hybridized carbons (Fsp3) is 0.294. The molecule has 0 saturated heterocycles. The van der Waals surface area contributed by atoms with Crippen LogP contribution in [0.2, 0.25) is 0 Å². The summed E-state index contributed by atoms with van der Waals surface area (Å²) in [6.45, 7) is 4.75. The minimum atomic E-state index is -0.347. The molecule has 0 aliphatic heterocycles. The van der Waals surface area contributed by atoms with Crippen LogP contribution >= 0.6 is 0 Å². The SMILES string of the molecule is Cc1ncn(-c2cc(NCCNC(=O)c3ccc(=O)n(C)n3)ncn2)c1C. The first-order valence-corrected chi connectivity index (χ1v) is 8.35. The lowest BCUT2D eigenvalue weighted by Gasteiger charge is -2.09. The summed E-state index contributed by atoms with van der Waals surface area (Å²) in [5.74, 6) is 1.00. The Kier molecular flexibility index (Phi) is 5.25. The molecule has 3 heterocycles.